The summed E-state index contributed by atoms with van der Waals surface area (Å²) in [6.45, 7) is 1.39. The average Bonchev–Trinajstić information content (AvgIpc) is 3.11. The van der Waals surface area contributed by atoms with E-state index >= 15 is 0 Å². The van der Waals surface area contributed by atoms with Gasteiger partial charge in [-0.3, -0.25) is 4.79 Å². The van der Waals surface area contributed by atoms with Gasteiger partial charge in [0.1, 0.15) is 17.6 Å². The van der Waals surface area contributed by atoms with Crippen molar-refractivity contribution in [3.8, 4) is 11.5 Å². The summed E-state index contributed by atoms with van der Waals surface area (Å²) in [6.07, 6.45) is 8.05. The van der Waals surface area contributed by atoms with Gasteiger partial charge >= 0.3 is 5.97 Å². The molecule has 0 spiro atoms. The fourth-order valence-electron chi connectivity index (χ4n) is 2.86. The van der Waals surface area contributed by atoms with E-state index in [9.17, 15) is 4.79 Å². The van der Waals surface area contributed by atoms with Gasteiger partial charge in [0.25, 0.3) is 0 Å². The van der Waals surface area contributed by atoms with Crippen LogP contribution >= 0.6 is 0 Å². The zero-order valence-electron chi connectivity index (χ0n) is 15.5. The van der Waals surface area contributed by atoms with Crippen LogP contribution in [0.4, 0.5) is 0 Å². The summed E-state index contributed by atoms with van der Waals surface area (Å²) in [5.74, 6) is 1.70. The maximum absolute atomic E-state index is 11.1. The van der Waals surface area contributed by atoms with Crippen molar-refractivity contribution in [3.63, 3.8) is 0 Å². The molecule has 0 aliphatic carbocycles. The van der Waals surface area contributed by atoms with Crippen molar-refractivity contribution in [2.24, 2.45) is 0 Å². The maximum Gasteiger partial charge on any atom is 0.306 e. The topological polar surface area (TPSA) is 44.8 Å². The van der Waals surface area contributed by atoms with Crippen LogP contribution in [0.5, 0.6) is 11.5 Å². The highest BCUT2D eigenvalue weighted by atomic mass is 16.5. The molecule has 1 unspecified atom stereocenters. The minimum atomic E-state index is -0.0993. The Balaban J connectivity index is 1.28. The molecule has 1 heterocycles. The number of rotatable bonds is 10. The van der Waals surface area contributed by atoms with E-state index in [2.05, 4.69) is 18.2 Å². The van der Waals surface area contributed by atoms with Gasteiger partial charge in [0.05, 0.1) is 13.2 Å². The predicted octanol–water partition coefficient (Wildman–Crippen LogP) is 4.73. The first-order valence-corrected chi connectivity index (χ1v) is 9.55. The van der Waals surface area contributed by atoms with E-state index in [1.165, 1.54) is 5.56 Å². The Kier molecular flexibility index (Phi) is 7.34. The lowest BCUT2D eigenvalue weighted by Gasteiger charge is -2.08. The third-order valence-electron chi connectivity index (χ3n) is 4.36. The lowest BCUT2D eigenvalue weighted by molar-refractivity contribution is -0.139. The second-order valence-electron chi connectivity index (χ2n) is 6.56. The number of allylic oxidation sites excluding steroid dienone is 1. The average molecular weight is 366 g/mol. The number of unbranched alkanes of at least 4 members (excludes halogenated alkanes) is 1. The van der Waals surface area contributed by atoms with Crippen LogP contribution < -0.4 is 9.47 Å². The molecular formula is C23H26O4. The van der Waals surface area contributed by atoms with Crippen molar-refractivity contribution < 1.29 is 19.0 Å². The summed E-state index contributed by atoms with van der Waals surface area (Å²) < 4.78 is 16.6. The highest BCUT2D eigenvalue weighted by Crippen LogP contribution is 2.16. The third kappa shape index (κ3) is 6.81. The predicted molar refractivity (Wildman–Crippen MR) is 105 cm³/mol. The highest BCUT2D eigenvalue weighted by molar-refractivity contribution is 5.71. The van der Waals surface area contributed by atoms with Crippen LogP contribution in [0.15, 0.2) is 66.7 Å². The van der Waals surface area contributed by atoms with Crippen molar-refractivity contribution >= 4 is 5.97 Å². The first-order chi connectivity index (χ1) is 13.3. The second-order valence-corrected chi connectivity index (χ2v) is 6.56. The van der Waals surface area contributed by atoms with Crippen LogP contribution in [0.25, 0.3) is 0 Å². The largest absolute Gasteiger partial charge is 0.494 e. The molecule has 0 N–H and O–H groups in total. The first-order valence-electron chi connectivity index (χ1n) is 9.55. The van der Waals surface area contributed by atoms with Gasteiger partial charge in [0.15, 0.2) is 0 Å². The second kappa shape index (κ2) is 10.4. The van der Waals surface area contributed by atoms with Crippen LogP contribution in [-0.2, 0) is 16.0 Å². The highest BCUT2D eigenvalue weighted by Gasteiger charge is 2.20. The standard InChI is InChI=1S/C23H26O4/c24-23-16-15-22(27-23)10-6-7-19-11-13-21(14-12-19)26-18-5-4-17-25-20-8-2-1-3-9-20/h1-3,6,8-14,22H,4-5,7,15-18H2/b10-6-. The van der Waals surface area contributed by atoms with Crippen molar-refractivity contribution in [2.45, 2.75) is 38.2 Å². The minimum absolute atomic E-state index is 0.0500. The summed E-state index contributed by atoms with van der Waals surface area (Å²) in [5, 5.41) is 0. The number of carbonyl (C=O) groups excluding carboxylic acids is 1. The van der Waals surface area contributed by atoms with Crippen LogP contribution in [-0.4, -0.2) is 25.3 Å². The van der Waals surface area contributed by atoms with Crippen molar-refractivity contribution in [2.75, 3.05) is 13.2 Å². The van der Waals surface area contributed by atoms with Gasteiger partial charge in [-0.2, -0.15) is 0 Å². The fourth-order valence-corrected chi connectivity index (χ4v) is 2.86. The Labute approximate surface area is 160 Å². The van der Waals surface area contributed by atoms with Gasteiger partial charge in [0, 0.05) is 6.42 Å². The van der Waals surface area contributed by atoms with Gasteiger partial charge in [-0.25, -0.2) is 0 Å². The Morgan fingerprint density at radius 3 is 2.22 bits per heavy atom. The summed E-state index contributed by atoms with van der Waals surface area (Å²) in [4.78, 5) is 11.1. The van der Waals surface area contributed by atoms with Crippen molar-refractivity contribution in [1.29, 1.82) is 0 Å². The van der Waals surface area contributed by atoms with Crippen LogP contribution in [0, 0.1) is 0 Å². The lowest BCUT2D eigenvalue weighted by atomic mass is 10.1. The van der Waals surface area contributed by atoms with Crippen LogP contribution in [0.1, 0.15) is 31.2 Å². The molecule has 1 saturated heterocycles. The van der Waals surface area contributed by atoms with E-state index in [0.29, 0.717) is 19.6 Å². The number of hydrogen-bond donors (Lipinski definition) is 0. The van der Waals surface area contributed by atoms with Gasteiger partial charge in [0.2, 0.25) is 0 Å². The zero-order valence-corrected chi connectivity index (χ0v) is 15.5. The minimum Gasteiger partial charge on any atom is -0.494 e. The normalized spacial score (nSPS) is 16.4. The number of esters is 1. The van der Waals surface area contributed by atoms with Gasteiger partial charge in [-0.15, -0.1) is 0 Å². The summed E-state index contributed by atoms with van der Waals surface area (Å²) >= 11 is 0. The quantitative estimate of drug-likeness (QED) is 0.346. The molecule has 1 aliphatic rings. The molecule has 4 heteroatoms. The summed E-state index contributed by atoms with van der Waals surface area (Å²) in [5.41, 5.74) is 1.21. The Bertz CT molecular complexity index is 722. The molecule has 1 aliphatic heterocycles. The van der Waals surface area contributed by atoms with E-state index in [4.69, 9.17) is 14.2 Å². The first kappa shape index (κ1) is 19.0. The number of benzene rings is 2. The molecule has 0 saturated carbocycles. The van der Waals surface area contributed by atoms with E-state index in [1.807, 2.05) is 48.5 Å². The molecule has 0 aromatic heterocycles. The van der Waals surface area contributed by atoms with Gasteiger partial charge < -0.3 is 14.2 Å². The Morgan fingerprint density at radius 1 is 0.926 bits per heavy atom. The molecule has 0 amide bonds. The molecular weight excluding hydrogens is 340 g/mol. The lowest BCUT2D eigenvalue weighted by Crippen LogP contribution is -2.02. The molecule has 4 nitrogen and oxygen atoms in total. The van der Waals surface area contributed by atoms with Gasteiger partial charge in [-0.1, -0.05) is 36.4 Å². The zero-order chi connectivity index (χ0) is 18.7. The number of ether oxygens (including phenoxy) is 3. The molecule has 2 aromatic carbocycles. The number of cyclic esters (lactones) is 1. The van der Waals surface area contributed by atoms with E-state index in [1.54, 1.807) is 0 Å². The van der Waals surface area contributed by atoms with Gasteiger partial charge in [-0.05, 0) is 61.6 Å². The molecule has 2 aromatic rings. The molecule has 1 atom stereocenters. The van der Waals surface area contributed by atoms with Crippen molar-refractivity contribution in [3.05, 3.63) is 72.3 Å². The molecule has 3 rings (SSSR count). The molecule has 142 valence electrons. The number of carbonyl (C=O) groups is 1. The van der Waals surface area contributed by atoms with Crippen molar-refractivity contribution in [1.82, 2.24) is 0 Å². The number of hydrogen-bond acceptors (Lipinski definition) is 4. The summed E-state index contributed by atoms with van der Waals surface area (Å²) in [7, 11) is 0. The van der Waals surface area contributed by atoms with Crippen LogP contribution in [0.3, 0.4) is 0 Å². The molecule has 27 heavy (non-hydrogen) atoms. The Hall–Kier alpha value is -2.75. The number of para-hydroxylation sites is 1. The smallest absolute Gasteiger partial charge is 0.306 e. The molecule has 0 radical (unpaired) electrons. The van der Waals surface area contributed by atoms with E-state index in [-0.39, 0.29) is 12.1 Å². The summed E-state index contributed by atoms with van der Waals surface area (Å²) in [6, 6.07) is 18.0. The maximum atomic E-state index is 11.1. The molecule has 1 fully saturated rings. The Morgan fingerprint density at radius 2 is 1.59 bits per heavy atom. The van der Waals surface area contributed by atoms with E-state index < -0.39 is 0 Å². The third-order valence-corrected chi connectivity index (χ3v) is 4.36. The van der Waals surface area contributed by atoms with E-state index in [0.717, 1.165) is 37.2 Å². The fraction of sp³-hybridized carbons (Fsp3) is 0.348. The monoisotopic (exact) mass is 366 g/mol. The van der Waals surface area contributed by atoms with Crippen LogP contribution in [0.2, 0.25) is 0 Å². The molecule has 0 bridgehead atoms. The SMILES string of the molecule is O=C1CCC(/C=C\Cc2ccc(OCCCCOc3ccccc3)cc2)O1.